The zero-order chi connectivity index (χ0) is 12.4. The van der Waals surface area contributed by atoms with Crippen molar-refractivity contribution in [2.24, 2.45) is 0 Å². The van der Waals surface area contributed by atoms with Crippen molar-refractivity contribution in [1.29, 1.82) is 0 Å². The Morgan fingerprint density at radius 2 is 1.83 bits per heavy atom. The quantitative estimate of drug-likeness (QED) is 0.825. The number of anilines is 1. The lowest BCUT2D eigenvalue weighted by molar-refractivity contribution is 0.306. The van der Waals surface area contributed by atoms with Gasteiger partial charge in [0.1, 0.15) is 12.4 Å². The van der Waals surface area contributed by atoms with Crippen molar-refractivity contribution in [1.82, 2.24) is 0 Å². The van der Waals surface area contributed by atoms with Crippen molar-refractivity contribution >= 4 is 5.69 Å². The molecular formula is C16H17NO. The Balaban J connectivity index is 1.71. The maximum atomic E-state index is 5.98. The van der Waals surface area contributed by atoms with Gasteiger partial charge < -0.3 is 10.5 Å². The van der Waals surface area contributed by atoms with Gasteiger partial charge in [-0.3, -0.25) is 0 Å². The Morgan fingerprint density at radius 3 is 2.56 bits per heavy atom. The Hall–Kier alpha value is -1.96. The average Bonchev–Trinajstić information content (AvgIpc) is 3.23. The molecule has 1 fully saturated rings. The van der Waals surface area contributed by atoms with Gasteiger partial charge in [-0.25, -0.2) is 0 Å². The summed E-state index contributed by atoms with van der Waals surface area (Å²) in [4.78, 5) is 0. The van der Waals surface area contributed by atoms with Crippen LogP contribution in [0.5, 0.6) is 5.75 Å². The van der Waals surface area contributed by atoms with E-state index in [0.29, 0.717) is 12.5 Å². The summed E-state index contributed by atoms with van der Waals surface area (Å²) in [6.07, 6.45) is 2.51. The van der Waals surface area contributed by atoms with E-state index < -0.39 is 0 Å². The van der Waals surface area contributed by atoms with Gasteiger partial charge in [0.25, 0.3) is 0 Å². The van der Waals surface area contributed by atoms with Crippen molar-refractivity contribution in [2.45, 2.75) is 25.4 Å². The summed E-state index contributed by atoms with van der Waals surface area (Å²) < 4.78 is 5.81. The highest BCUT2D eigenvalue weighted by Gasteiger charge is 2.25. The van der Waals surface area contributed by atoms with Gasteiger partial charge in [0.05, 0.1) is 0 Å². The molecule has 0 radical (unpaired) electrons. The predicted octanol–water partition coefficient (Wildman–Crippen LogP) is 3.73. The highest BCUT2D eigenvalue weighted by Crippen LogP contribution is 2.43. The summed E-state index contributed by atoms with van der Waals surface area (Å²) in [5.74, 6) is 1.57. The summed E-state index contributed by atoms with van der Waals surface area (Å²) >= 11 is 0. The van der Waals surface area contributed by atoms with E-state index in [2.05, 4.69) is 18.2 Å². The van der Waals surface area contributed by atoms with Gasteiger partial charge >= 0.3 is 0 Å². The third kappa shape index (κ3) is 2.48. The monoisotopic (exact) mass is 239 g/mol. The molecule has 2 aromatic carbocycles. The minimum absolute atomic E-state index is 0.606. The lowest BCUT2D eigenvalue weighted by Crippen LogP contribution is -1.97. The molecule has 0 atom stereocenters. The molecule has 3 rings (SSSR count). The average molecular weight is 239 g/mol. The summed E-state index contributed by atoms with van der Waals surface area (Å²) in [5, 5.41) is 0. The second kappa shape index (κ2) is 4.73. The van der Waals surface area contributed by atoms with E-state index in [9.17, 15) is 0 Å². The highest BCUT2D eigenvalue weighted by molar-refractivity contribution is 5.53. The van der Waals surface area contributed by atoms with E-state index in [1.54, 1.807) is 0 Å². The first-order chi connectivity index (χ1) is 8.83. The van der Waals surface area contributed by atoms with Crippen LogP contribution in [-0.2, 0) is 6.61 Å². The maximum Gasteiger partial charge on any atom is 0.120 e. The summed E-state index contributed by atoms with van der Waals surface area (Å²) in [6.45, 7) is 0.606. The molecule has 1 aliphatic rings. The van der Waals surface area contributed by atoms with Crippen LogP contribution >= 0.6 is 0 Å². The molecule has 2 N–H and O–H groups in total. The summed E-state index contributed by atoms with van der Waals surface area (Å²) in [5.41, 5.74) is 9.31. The molecule has 0 amide bonds. The third-order valence-corrected chi connectivity index (χ3v) is 3.32. The standard InChI is InChI=1S/C16H17NO/c17-16-9-8-14(10-15(16)13-6-7-13)18-11-12-4-2-1-3-5-12/h1-5,8-10,13H,6-7,11,17H2. The molecule has 0 unspecified atom stereocenters. The van der Waals surface area contributed by atoms with Gasteiger partial charge in [-0.15, -0.1) is 0 Å². The van der Waals surface area contributed by atoms with Gasteiger partial charge in [0.15, 0.2) is 0 Å². The third-order valence-electron chi connectivity index (χ3n) is 3.32. The van der Waals surface area contributed by atoms with E-state index in [4.69, 9.17) is 10.5 Å². The smallest absolute Gasteiger partial charge is 0.120 e. The number of benzene rings is 2. The van der Waals surface area contributed by atoms with E-state index in [1.807, 2.05) is 30.3 Å². The van der Waals surface area contributed by atoms with Crippen LogP contribution in [0, 0.1) is 0 Å². The zero-order valence-electron chi connectivity index (χ0n) is 10.3. The van der Waals surface area contributed by atoms with Crippen LogP contribution in [0.2, 0.25) is 0 Å². The largest absolute Gasteiger partial charge is 0.489 e. The number of nitrogens with two attached hydrogens (primary N) is 1. The van der Waals surface area contributed by atoms with Crippen LogP contribution in [0.15, 0.2) is 48.5 Å². The normalized spacial score (nSPS) is 14.4. The molecular weight excluding hydrogens is 222 g/mol. The Kier molecular flexibility index (Phi) is 2.93. The van der Waals surface area contributed by atoms with Crippen molar-refractivity contribution in [2.75, 3.05) is 5.73 Å². The number of nitrogen functional groups attached to an aromatic ring is 1. The number of ether oxygens (including phenoxy) is 1. The molecule has 0 spiro atoms. The van der Waals surface area contributed by atoms with E-state index in [0.717, 1.165) is 11.4 Å². The number of hydrogen-bond donors (Lipinski definition) is 1. The minimum Gasteiger partial charge on any atom is -0.489 e. The predicted molar refractivity (Wildman–Crippen MR) is 73.6 cm³/mol. The minimum atomic E-state index is 0.606. The SMILES string of the molecule is Nc1ccc(OCc2ccccc2)cc1C1CC1. The van der Waals surface area contributed by atoms with Crippen molar-refractivity contribution in [3.8, 4) is 5.75 Å². The molecule has 1 aliphatic carbocycles. The molecule has 0 bridgehead atoms. The molecule has 0 saturated heterocycles. The van der Waals surface area contributed by atoms with Gasteiger partial charge in [-0.1, -0.05) is 30.3 Å². The lowest BCUT2D eigenvalue weighted by Gasteiger charge is -2.10. The Bertz CT molecular complexity index is 532. The number of hydrogen-bond acceptors (Lipinski definition) is 2. The molecule has 2 heteroatoms. The van der Waals surface area contributed by atoms with Gasteiger partial charge in [0.2, 0.25) is 0 Å². The van der Waals surface area contributed by atoms with Crippen LogP contribution in [0.1, 0.15) is 29.9 Å². The first-order valence-corrected chi connectivity index (χ1v) is 6.39. The molecule has 18 heavy (non-hydrogen) atoms. The van der Waals surface area contributed by atoms with Gasteiger partial charge in [0, 0.05) is 5.69 Å². The van der Waals surface area contributed by atoms with Crippen LogP contribution in [0.25, 0.3) is 0 Å². The molecule has 1 saturated carbocycles. The second-order valence-corrected chi connectivity index (χ2v) is 4.84. The van der Waals surface area contributed by atoms with E-state index >= 15 is 0 Å². The fourth-order valence-electron chi connectivity index (χ4n) is 2.13. The van der Waals surface area contributed by atoms with Gasteiger partial charge in [-0.05, 0) is 48.1 Å². The van der Waals surface area contributed by atoms with Crippen molar-refractivity contribution in [3.63, 3.8) is 0 Å². The Labute approximate surface area is 107 Å². The molecule has 92 valence electrons. The topological polar surface area (TPSA) is 35.2 Å². The fourth-order valence-corrected chi connectivity index (χ4v) is 2.13. The summed E-state index contributed by atoms with van der Waals surface area (Å²) in [7, 11) is 0. The first kappa shape index (κ1) is 11.1. The van der Waals surface area contributed by atoms with Crippen LogP contribution < -0.4 is 10.5 Å². The highest BCUT2D eigenvalue weighted by atomic mass is 16.5. The summed E-state index contributed by atoms with van der Waals surface area (Å²) in [6, 6.07) is 16.2. The molecule has 0 aliphatic heterocycles. The Morgan fingerprint density at radius 1 is 1.06 bits per heavy atom. The lowest BCUT2D eigenvalue weighted by atomic mass is 10.1. The molecule has 0 heterocycles. The van der Waals surface area contributed by atoms with Crippen molar-refractivity contribution < 1.29 is 4.74 Å². The molecule has 2 nitrogen and oxygen atoms in total. The molecule has 2 aromatic rings. The van der Waals surface area contributed by atoms with E-state index in [1.165, 1.54) is 24.0 Å². The molecule has 0 aromatic heterocycles. The van der Waals surface area contributed by atoms with E-state index in [-0.39, 0.29) is 0 Å². The first-order valence-electron chi connectivity index (χ1n) is 6.39. The zero-order valence-corrected chi connectivity index (χ0v) is 10.3. The second-order valence-electron chi connectivity index (χ2n) is 4.84. The number of rotatable bonds is 4. The van der Waals surface area contributed by atoms with Gasteiger partial charge in [-0.2, -0.15) is 0 Å². The fraction of sp³-hybridized carbons (Fsp3) is 0.250. The van der Waals surface area contributed by atoms with Crippen LogP contribution in [0.3, 0.4) is 0 Å². The maximum absolute atomic E-state index is 5.98. The van der Waals surface area contributed by atoms with Crippen molar-refractivity contribution in [3.05, 3.63) is 59.7 Å². The van der Waals surface area contributed by atoms with Crippen LogP contribution in [0.4, 0.5) is 5.69 Å². The van der Waals surface area contributed by atoms with Crippen LogP contribution in [-0.4, -0.2) is 0 Å².